The molecule has 3 amide bonds. The van der Waals surface area contributed by atoms with Gasteiger partial charge in [0.15, 0.2) is 0 Å². The lowest BCUT2D eigenvalue weighted by Crippen LogP contribution is -2.33. The second kappa shape index (κ2) is 8.64. The number of benzene rings is 1. The predicted octanol–water partition coefficient (Wildman–Crippen LogP) is 1.46. The van der Waals surface area contributed by atoms with Crippen LogP contribution in [0.25, 0.3) is 0 Å². The molecule has 1 atom stereocenters. The molecule has 1 aromatic rings. The summed E-state index contributed by atoms with van der Waals surface area (Å²) in [5, 5.41) is 11.4. The molecule has 1 unspecified atom stereocenters. The van der Waals surface area contributed by atoms with Gasteiger partial charge in [-0.05, 0) is 17.5 Å². The number of nitrogens with one attached hydrogen (secondary N) is 1. The van der Waals surface area contributed by atoms with Crippen LogP contribution in [0.4, 0.5) is 4.79 Å². The summed E-state index contributed by atoms with van der Waals surface area (Å²) in [4.78, 5) is 25.4. The molecule has 6 nitrogen and oxygen atoms in total. The van der Waals surface area contributed by atoms with E-state index < -0.39 is 6.04 Å². The smallest absolute Gasteiger partial charge is 0.324 e. The average Bonchev–Trinajstić information content (AvgIpc) is 2.81. The summed E-state index contributed by atoms with van der Waals surface area (Å²) in [6.45, 7) is 3.29. The van der Waals surface area contributed by atoms with Crippen LogP contribution in [0.3, 0.4) is 0 Å². The minimum atomic E-state index is -0.476. The molecule has 0 bridgehead atoms. The molecule has 0 aromatic heterocycles. The van der Waals surface area contributed by atoms with Crippen molar-refractivity contribution in [1.29, 1.82) is 0 Å². The molecule has 1 heterocycles. The Kier molecular flexibility index (Phi) is 6.55. The van der Waals surface area contributed by atoms with Crippen molar-refractivity contribution in [1.82, 2.24) is 10.2 Å². The zero-order valence-corrected chi connectivity index (χ0v) is 13.5. The zero-order valence-electron chi connectivity index (χ0n) is 13.5. The number of nitrogens with zero attached hydrogens (tertiary/aromatic N) is 1. The van der Waals surface area contributed by atoms with E-state index in [-0.39, 0.29) is 18.5 Å². The molecule has 6 heteroatoms. The van der Waals surface area contributed by atoms with Crippen molar-refractivity contribution in [3.8, 4) is 0 Å². The highest BCUT2D eigenvalue weighted by Crippen LogP contribution is 2.14. The standard InChI is InChI=1S/C17H24N2O4/c1-2-3-8-19-16(21)15(18-17(19)22)11-13-4-6-14(7-5-13)12-23-10-9-20/h4-7,15,20H,2-3,8-12H2,1H3,(H,18,22). The topological polar surface area (TPSA) is 78.9 Å². The number of hydrogen-bond donors (Lipinski definition) is 2. The first kappa shape index (κ1) is 17.4. The Hall–Kier alpha value is -1.92. The van der Waals surface area contributed by atoms with Gasteiger partial charge in [-0.1, -0.05) is 37.6 Å². The largest absolute Gasteiger partial charge is 0.394 e. The SMILES string of the molecule is CCCCN1C(=O)NC(Cc2ccc(COCCO)cc2)C1=O. The van der Waals surface area contributed by atoms with Gasteiger partial charge in [0.2, 0.25) is 0 Å². The summed E-state index contributed by atoms with van der Waals surface area (Å²) in [7, 11) is 0. The summed E-state index contributed by atoms with van der Waals surface area (Å²) in [5.41, 5.74) is 2.00. The van der Waals surface area contributed by atoms with Crippen molar-refractivity contribution >= 4 is 11.9 Å². The van der Waals surface area contributed by atoms with Crippen molar-refractivity contribution in [2.75, 3.05) is 19.8 Å². The zero-order chi connectivity index (χ0) is 16.7. The fraction of sp³-hybridized carbons (Fsp3) is 0.529. The number of aliphatic hydroxyl groups is 1. The second-order valence-electron chi connectivity index (χ2n) is 5.64. The molecule has 0 spiro atoms. The summed E-state index contributed by atoms with van der Waals surface area (Å²) < 4.78 is 5.26. The molecule has 1 aliphatic rings. The van der Waals surface area contributed by atoms with E-state index in [1.165, 1.54) is 4.90 Å². The highest BCUT2D eigenvalue weighted by atomic mass is 16.5. The van der Waals surface area contributed by atoms with Gasteiger partial charge in [-0.15, -0.1) is 0 Å². The molecule has 1 saturated heterocycles. The first-order chi connectivity index (χ1) is 11.2. The lowest BCUT2D eigenvalue weighted by Gasteiger charge is -2.12. The van der Waals surface area contributed by atoms with Gasteiger partial charge in [-0.25, -0.2) is 4.79 Å². The van der Waals surface area contributed by atoms with Gasteiger partial charge in [0.25, 0.3) is 5.91 Å². The first-order valence-corrected chi connectivity index (χ1v) is 8.04. The summed E-state index contributed by atoms with van der Waals surface area (Å²) in [5.74, 6) is -0.140. The number of carbonyl (C=O) groups excluding carboxylic acids is 2. The highest BCUT2D eigenvalue weighted by Gasteiger charge is 2.37. The molecule has 126 valence electrons. The van der Waals surface area contributed by atoms with Crippen LogP contribution in [0.15, 0.2) is 24.3 Å². The second-order valence-corrected chi connectivity index (χ2v) is 5.64. The van der Waals surface area contributed by atoms with E-state index >= 15 is 0 Å². The van der Waals surface area contributed by atoms with Gasteiger partial charge < -0.3 is 15.2 Å². The van der Waals surface area contributed by atoms with Crippen LogP contribution in [0, 0.1) is 0 Å². The predicted molar refractivity (Wildman–Crippen MR) is 85.8 cm³/mol. The minimum Gasteiger partial charge on any atom is -0.394 e. The van der Waals surface area contributed by atoms with Gasteiger partial charge in [-0.2, -0.15) is 0 Å². The Morgan fingerprint density at radius 3 is 2.57 bits per heavy atom. The number of imide groups is 1. The molecular weight excluding hydrogens is 296 g/mol. The van der Waals surface area contributed by atoms with Gasteiger partial charge in [0, 0.05) is 13.0 Å². The molecule has 1 aliphatic heterocycles. The Bertz CT molecular complexity index is 530. The van der Waals surface area contributed by atoms with Crippen LogP contribution in [0.5, 0.6) is 0 Å². The molecule has 0 radical (unpaired) electrons. The third-order valence-corrected chi connectivity index (χ3v) is 3.81. The minimum absolute atomic E-state index is 0.0100. The number of hydrogen-bond acceptors (Lipinski definition) is 4. The molecule has 23 heavy (non-hydrogen) atoms. The van der Waals surface area contributed by atoms with Crippen molar-refractivity contribution in [3.63, 3.8) is 0 Å². The van der Waals surface area contributed by atoms with Gasteiger partial charge in [-0.3, -0.25) is 9.69 Å². The van der Waals surface area contributed by atoms with E-state index in [2.05, 4.69) is 5.32 Å². The number of rotatable bonds is 9. The van der Waals surface area contributed by atoms with Gasteiger partial charge in [0.05, 0.1) is 19.8 Å². The third kappa shape index (κ3) is 4.77. The number of carbonyl (C=O) groups is 2. The number of unbranched alkanes of at least 4 members (excludes halogenated alkanes) is 1. The Balaban J connectivity index is 1.89. The van der Waals surface area contributed by atoms with Crippen LogP contribution in [-0.4, -0.2) is 47.7 Å². The molecule has 0 aliphatic carbocycles. The monoisotopic (exact) mass is 320 g/mol. The van der Waals surface area contributed by atoms with Gasteiger partial charge >= 0.3 is 6.03 Å². The fourth-order valence-corrected chi connectivity index (χ4v) is 2.51. The lowest BCUT2D eigenvalue weighted by atomic mass is 10.0. The van der Waals surface area contributed by atoms with E-state index in [0.717, 1.165) is 24.0 Å². The van der Waals surface area contributed by atoms with Crippen molar-refractivity contribution in [2.45, 2.75) is 38.8 Å². The van der Waals surface area contributed by atoms with E-state index in [0.29, 0.717) is 26.2 Å². The summed E-state index contributed by atoms with van der Waals surface area (Å²) in [6.07, 6.45) is 2.26. The highest BCUT2D eigenvalue weighted by molar-refractivity contribution is 6.04. The Morgan fingerprint density at radius 1 is 1.22 bits per heavy atom. The molecule has 2 N–H and O–H groups in total. The molecule has 0 saturated carbocycles. The number of aliphatic hydroxyl groups excluding tert-OH is 1. The maximum Gasteiger partial charge on any atom is 0.324 e. The third-order valence-electron chi connectivity index (χ3n) is 3.81. The molecular formula is C17H24N2O4. The summed E-state index contributed by atoms with van der Waals surface area (Å²) >= 11 is 0. The van der Waals surface area contributed by atoms with Crippen molar-refractivity contribution < 1.29 is 19.4 Å². The number of ether oxygens (including phenoxy) is 1. The van der Waals surface area contributed by atoms with Crippen LogP contribution >= 0.6 is 0 Å². The quantitative estimate of drug-likeness (QED) is 0.533. The first-order valence-electron chi connectivity index (χ1n) is 8.04. The van der Waals surface area contributed by atoms with Crippen LogP contribution < -0.4 is 5.32 Å². The van der Waals surface area contributed by atoms with E-state index in [9.17, 15) is 9.59 Å². The maximum atomic E-state index is 12.3. The van der Waals surface area contributed by atoms with Crippen molar-refractivity contribution in [2.24, 2.45) is 0 Å². The molecule has 1 aromatic carbocycles. The van der Waals surface area contributed by atoms with Crippen LogP contribution in [0.1, 0.15) is 30.9 Å². The summed E-state index contributed by atoms with van der Waals surface area (Å²) in [6, 6.07) is 6.97. The Morgan fingerprint density at radius 2 is 1.91 bits per heavy atom. The van der Waals surface area contributed by atoms with Crippen LogP contribution in [0.2, 0.25) is 0 Å². The maximum absolute atomic E-state index is 12.3. The van der Waals surface area contributed by atoms with E-state index in [1.54, 1.807) is 0 Å². The average molecular weight is 320 g/mol. The van der Waals surface area contributed by atoms with Crippen LogP contribution in [-0.2, 0) is 22.6 Å². The molecule has 1 fully saturated rings. The Labute approximate surface area is 136 Å². The van der Waals surface area contributed by atoms with E-state index in [1.807, 2.05) is 31.2 Å². The fourth-order valence-electron chi connectivity index (χ4n) is 2.51. The normalized spacial score (nSPS) is 17.7. The number of amides is 3. The molecule has 2 rings (SSSR count). The van der Waals surface area contributed by atoms with E-state index in [4.69, 9.17) is 9.84 Å². The van der Waals surface area contributed by atoms with Gasteiger partial charge in [0.1, 0.15) is 6.04 Å². The van der Waals surface area contributed by atoms with Crippen molar-refractivity contribution in [3.05, 3.63) is 35.4 Å². The lowest BCUT2D eigenvalue weighted by molar-refractivity contribution is -0.127. The number of urea groups is 1.